The van der Waals surface area contributed by atoms with E-state index in [1.165, 1.54) is 29.2 Å². The molecule has 4 rings (SSSR count). The lowest BCUT2D eigenvalue weighted by atomic mass is 9.96. The lowest BCUT2D eigenvalue weighted by Gasteiger charge is -2.24. The van der Waals surface area contributed by atoms with Gasteiger partial charge in [-0.15, -0.1) is 0 Å². The fourth-order valence-electron chi connectivity index (χ4n) is 4.54. The Morgan fingerprint density at radius 2 is 1.73 bits per heavy atom. The lowest BCUT2D eigenvalue weighted by Crippen LogP contribution is -2.39. The van der Waals surface area contributed by atoms with Gasteiger partial charge in [0.05, 0.1) is 12.2 Å². The van der Waals surface area contributed by atoms with Gasteiger partial charge in [0.15, 0.2) is 0 Å². The highest BCUT2D eigenvalue weighted by atomic mass is 19.4. The van der Waals surface area contributed by atoms with Crippen molar-refractivity contribution in [1.82, 2.24) is 14.8 Å². The molecule has 0 bridgehead atoms. The number of nitrogens with one attached hydrogen (secondary N) is 1. The summed E-state index contributed by atoms with van der Waals surface area (Å²) in [5.41, 5.74) is 1.58. The monoisotopic (exact) mass is 555 g/mol. The van der Waals surface area contributed by atoms with Crippen LogP contribution < -0.4 is 5.32 Å². The van der Waals surface area contributed by atoms with Crippen LogP contribution in [0.25, 0.3) is 22.0 Å². The van der Waals surface area contributed by atoms with E-state index in [1.807, 2.05) is 30.3 Å². The molecule has 4 aromatic rings. The third kappa shape index (κ3) is 6.62. The van der Waals surface area contributed by atoms with Crippen LogP contribution in [0, 0.1) is 5.82 Å². The van der Waals surface area contributed by atoms with Crippen LogP contribution in [0.15, 0.2) is 72.9 Å². The molecule has 40 heavy (non-hydrogen) atoms. The lowest BCUT2D eigenvalue weighted by molar-refractivity contribution is -0.143. The first-order valence-corrected chi connectivity index (χ1v) is 12.8. The third-order valence-electron chi connectivity index (χ3n) is 6.49. The van der Waals surface area contributed by atoms with Crippen molar-refractivity contribution in [2.45, 2.75) is 39.7 Å². The van der Waals surface area contributed by atoms with E-state index in [2.05, 4.69) is 5.32 Å². The number of carbonyl (C=O) groups excluding carboxylic acids is 2. The largest absolute Gasteiger partial charge is 0.465 e. The van der Waals surface area contributed by atoms with Crippen molar-refractivity contribution >= 4 is 22.9 Å². The third-order valence-corrected chi connectivity index (χ3v) is 6.49. The number of urea groups is 1. The zero-order valence-electron chi connectivity index (χ0n) is 22.1. The number of esters is 1. The van der Waals surface area contributed by atoms with E-state index >= 15 is 0 Å². The molecule has 0 saturated carbocycles. The fourth-order valence-corrected chi connectivity index (χ4v) is 4.54. The summed E-state index contributed by atoms with van der Waals surface area (Å²) in [7, 11) is 0. The molecule has 10 heteroatoms. The summed E-state index contributed by atoms with van der Waals surface area (Å²) in [6.07, 6.45) is -3.01. The summed E-state index contributed by atoms with van der Waals surface area (Å²) in [6, 6.07) is 16.1. The minimum Gasteiger partial charge on any atom is -0.465 e. The fraction of sp³-hybridized carbons (Fsp3) is 0.267. The van der Waals surface area contributed by atoms with Gasteiger partial charge < -0.3 is 19.5 Å². The maximum absolute atomic E-state index is 14.3. The summed E-state index contributed by atoms with van der Waals surface area (Å²) in [6.45, 7) is 3.79. The Bertz CT molecular complexity index is 1500. The number of benzene rings is 3. The number of hydrogen-bond acceptors (Lipinski definition) is 3. The van der Waals surface area contributed by atoms with Gasteiger partial charge in [-0.2, -0.15) is 13.2 Å². The van der Waals surface area contributed by atoms with E-state index in [9.17, 15) is 27.2 Å². The predicted molar refractivity (Wildman–Crippen MR) is 144 cm³/mol. The van der Waals surface area contributed by atoms with E-state index in [1.54, 1.807) is 24.6 Å². The molecule has 210 valence electrons. The first kappa shape index (κ1) is 28.7. The number of amides is 2. The van der Waals surface area contributed by atoms with Gasteiger partial charge in [-0.05, 0) is 60.9 Å². The van der Waals surface area contributed by atoms with Crippen molar-refractivity contribution in [3.05, 3.63) is 95.4 Å². The maximum atomic E-state index is 14.3. The number of ether oxygens (including phenoxy) is 1. The second-order valence-electron chi connectivity index (χ2n) is 9.17. The highest BCUT2D eigenvalue weighted by molar-refractivity contribution is 5.97. The van der Waals surface area contributed by atoms with E-state index in [0.29, 0.717) is 22.0 Å². The van der Waals surface area contributed by atoms with Crippen LogP contribution in [0.4, 0.5) is 22.4 Å². The Hall–Kier alpha value is -4.34. The zero-order chi connectivity index (χ0) is 28.9. The van der Waals surface area contributed by atoms with E-state index in [4.69, 9.17) is 4.74 Å². The molecule has 0 aliphatic rings. The summed E-state index contributed by atoms with van der Waals surface area (Å²) < 4.78 is 62.1. The number of aromatic nitrogens is 1. The smallest absolute Gasteiger partial charge is 0.416 e. The highest BCUT2D eigenvalue weighted by Gasteiger charge is 2.32. The average Bonchev–Trinajstić information content (AvgIpc) is 3.27. The number of alkyl halides is 3. The summed E-state index contributed by atoms with van der Waals surface area (Å²) in [5.74, 6) is -1.04. The van der Waals surface area contributed by atoms with Gasteiger partial charge >= 0.3 is 18.2 Å². The molecular weight excluding hydrogens is 526 g/mol. The van der Waals surface area contributed by atoms with Gasteiger partial charge in [-0.25, -0.2) is 9.18 Å². The predicted octanol–water partition coefficient (Wildman–Crippen LogP) is 6.76. The number of carbonyl (C=O) groups is 2. The van der Waals surface area contributed by atoms with Crippen LogP contribution in [0.1, 0.15) is 30.5 Å². The number of nitrogens with zero attached hydrogens (tertiary/aromatic N) is 2. The first-order chi connectivity index (χ1) is 19.1. The zero-order valence-corrected chi connectivity index (χ0v) is 22.1. The van der Waals surface area contributed by atoms with E-state index < -0.39 is 29.6 Å². The molecule has 0 atom stereocenters. The quantitative estimate of drug-likeness (QED) is 0.183. The molecule has 0 saturated heterocycles. The standard InChI is InChI=1S/C30H29F4N3O3/c1-3-36(29(39)35-16-20-8-6-5-7-9-20)17-21-14-22(30(32,33)34)10-12-24(21)26-18-37(19-28(38)40-4-2)27-13-11-23(31)15-25(26)27/h5-15,18H,3-4,16-17,19H2,1-2H3,(H,35,39). The van der Waals surface area contributed by atoms with Crippen molar-refractivity contribution < 1.29 is 31.9 Å². The molecule has 6 nitrogen and oxygen atoms in total. The van der Waals surface area contributed by atoms with Gasteiger partial charge in [0.1, 0.15) is 12.4 Å². The minimum atomic E-state index is -4.61. The van der Waals surface area contributed by atoms with Gasteiger partial charge in [0.25, 0.3) is 0 Å². The first-order valence-electron chi connectivity index (χ1n) is 12.8. The normalized spacial score (nSPS) is 11.4. The van der Waals surface area contributed by atoms with Crippen LogP contribution in [0.3, 0.4) is 0 Å². The molecule has 0 radical (unpaired) electrons. The Balaban J connectivity index is 1.75. The Kier molecular flexibility index (Phi) is 8.77. The van der Waals surface area contributed by atoms with Crippen molar-refractivity contribution in [3.63, 3.8) is 0 Å². The molecule has 1 N–H and O–H groups in total. The summed E-state index contributed by atoms with van der Waals surface area (Å²) in [5, 5.41) is 3.23. The molecule has 1 aromatic heterocycles. The van der Waals surface area contributed by atoms with Crippen molar-refractivity contribution in [2.24, 2.45) is 0 Å². The van der Waals surface area contributed by atoms with E-state index in [0.717, 1.165) is 17.7 Å². The van der Waals surface area contributed by atoms with Gasteiger partial charge in [-0.3, -0.25) is 4.79 Å². The summed E-state index contributed by atoms with van der Waals surface area (Å²) in [4.78, 5) is 26.6. The van der Waals surface area contributed by atoms with Crippen LogP contribution in [-0.4, -0.2) is 34.6 Å². The molecule has 1 heterocycles. The minimum absolute atomic E-state index is 0.129. The SMILES string of the molecule is CCOC(=O)Cn1cc(-c2ccc(C(F)(F)F)cc2CN(CC)C(=O)NCc2ccccc2)c2cc(F)ccc21. The van der Waals surface area contributed by atoms with Crippen LogP contribution in [0.2, 0.25) is 0 Å². The Morgan fingerprint density at radius 1 is 0.975 bits per heavy atom. The second-order valence-corrected chi connectivity index (χ2v) is 9.17. The molecule has 0 unspecified atom stereocenters. The molecule has 0 spiro atoms. The molecule has 0 fully saturated rings. The molecular formula is C30H29F4N3O3. The van der Waals surface area contributed by atoms with Crippen molar-refractivity contribution in [2.75, 3.05) is 13.2 Å². The Morgan fingerprint density at radius 3 is 2.40 bits per heavy atom. The van der Waals surface area contributed by atoms with Crippen LogP contribution in [0.5, 0.6) is 0 Å². The van der Waals surface area contributed by atoms with Crippen LogP contribution in [-0.2, 0) is 35.3 Å². The topological polar surface area (TPSA) is 63.6 Å². The Labute approximate surface area is 229 Å². The van der Waals surface area contributed by atoms with Crippen LogP contribution >= 0.6 is 0 Å². The number of fused-ring (bicyclic) bond motifs is 1. The van der Waals surface area contributed by atoms with Gasteiger partial charge in [0.2, 0.25) is 0 Å². The van der Waals surface area contributed by atoms with E-state index in [-0.39, 0.29) is 38.3 Å². The molecule has 3 aromatic carbocycles. The van der Waals surface area contributed by atoms with Gasteiger partial charge in [0, 0.05) is 42.3 Å². The number of rotatable bonds is 9. The average molecular weight is 556 g/mol. The second kappa shape index (κ2) is 12.2. The van der Waals surface area contributed by atoms with Crippen molar-refractivity contribution in [1.29, 1.82) is 0 Å². The number of hydrogen-bond donors (Lipinski definition) is 1. The summed E-state index contributed by atoms with van der Waals surface area (Å²) >= 11 is 0. The van der Waals surface area contributed by atoms with Gasteiger partial charge in [-0.1, -0.05) is 36.4 Å². The molecule has 2 amide bonds. The number of halogens is 4. The van der Waals surface area contributed by atoms with Crippen molar-refractivity contribution in [3.8, 4) is 11.1 Å². The highest BCUT2D eigenvalue weighted by Crippen LogP contribution is 2.37. The molecule has 0 aliphatic carbocycles. The maximum Gasteiger partial charge on any atom is 0.416 e. The molecule has 0 aliphatic heterocycles.